The molecule has 0 atom stereocenters. The number of hydrogen-bond acceptors (Lipinski definition) is 5. The topological polar surface area (TPSA) is 62.5 Å². The monoisotopic (exact) mass is 390 g/mol. The fraction of sp³-hybridized carbons (Fsp3) is 0.348. The van der Waals surface area contributed by atoms with Crippen molar-refractivity contribution >= 4 is 5.91 Å². The molecule has 0 N–H and O–H groups in total. The molecule has 150 valence electrons. The highest BCUT2D eigenvalue weighted by molar-refractivity contribution is 5.95. The predicted molar refractivity (Wildman–Crippen MR) is 111 cm³/mol. The molecule has 1 aliphatic rings. The highest BCUT2D eigenvalue weighted by Gasteiger charge is 2.23. The van der Waals surface area contributed by atoms with E-state index in [9.17, 15) is 4.79 Å². The van der Waals surface area contributed by atoms with Gasteiger partial charge in [-0.1, -0.05) is 56.3 Å². The van der Waals surface area contributed by atoms with Gasteiger partial charge in [-0.05, 0) is 23.3 Å². The number of piperazine rings is 1. The fourth-order valence-corrected chi connectivity index (χ4v) is 3.51. The summed E-state index contributed by atoms with van der Waals surface area (Å²) in [5.74, 6) is 1.64. The fourth-order valence-electron chi connectivity index (χ4n) is 3.51. The van der Waals surface area contributed by atoms with Crippen LogP contribution in [0.4, 0.5) is 0 Å². The first kappa shape index (κ1) is 19.3. The molecule has 1 saturated heterocycles. The summed E-state index contributed by atoms with van der Waals surface area (Å²) in [6, 6.07) is 18.0. The highest BCUT2D eigenvalue weighted by Crippen LogP contribution is 2.21. The van der Waals surface area contributed by atoms with Crippen molar-refractivity contribution in [3.05, 3.63) is 71.9 Å². The maximum atomic E-state index is 13.0. The van der Waals surface area contributed by atoms with Crippen LogP contribution in [-0.4, -0.2) is 52.1 Å². The molecule has 29 heavy (non-hydrogen) atoms. The van der Waals surface area contributed by atoms with Crippen LogP contribution in [0, 0.1) is 0 Å². The van der Waals surface area contributed by atoms with Gasteiger partial charge in [-0.15, -0.1) is 10.2 Å². The molecule has 2 aromatic carbocycles. The molecular weight excluding hydrogens is 364 g/mol. The Kier molecular flexibility index (Phi) is 5.71. The molecule has 3 aromatic rings. The predicted octanol–water partition coefficient (Wildman–Crippen LogP) is 3.82. The zero-order valence-electron chi connectivity index (χ0n) is 16.9. The van der Waals surface area contributed by atoms with Gasteiger partial charge in [0.1, 0.15) is 0 Å². The number of hydrogen-bond donors (Lipinski definition) is 0. The van der Waals surface area contributed by atoms with Crippen molar-refractivity contribution in [1.29, 1.82) is 0 Å². The third-order valence-corrected chi connectivity index (χ3v) is 5.21. The Labute approximate surface area is 171 Å². The van der Waals surface area contributed by atoms with Gasteiger partial charge < -0.3 is 9.32 Å². The number of amides is 1. The summed E-state index contributed by atoms with van der Waals surface area (Å²) in [5.41, 5.74) is 2.91. The van der Waals surface area contributed by atoms with Crippen molar-refractivity contribution in [2.45, 2.75) is 26.3 Å². The van der Waals surface area contributed by atoms with Gasteiger partial charge in [-0.2, -0.15) is 0 Å². The molecule has 6 nitrogen and oxygen atoms in total. The normalized spacial score (nSPS) is 15.1. The second-order valence-corrected chi connectivity index (χ2v) is 7.70. The summed E-state index contributed by atoms with van der Waals surface area (Å²) in [4.78, 5) is 17.2. The summed E-state index contributed by atoms with van der Waals surface area (Å²) in [6.07, 6.45) is 0. The molecule has 6 heteroatoms. The van der Waals surface area contributed by atoms with Gasteiger partial charge in [0.05, 0.1) is 6.54 Å². The van der Waals surface area contributed by atoms with Crippen molar-refractivity contribution in [3.8, 4) is 11.1 Å². The van der Waals surface area contributed by atoms with Crippen molar-refractivity contribution in [3.63, 3.8) is 0 Å². The van der Waals surface area contributed by atoms with Gasteiger partial charge in [-0.3, -0.25) is 9.69 Å². The van der Waals surface area contributed by atoms with Crippen molar-refractivity contribution in [2.24, 2.45) is 0 Å². The number of nitrogens with zero attached hydrogens (tertiary/aromatic N) is 4. The maximum Gasteiger partial charge on any atom is 0.253 e. The first-order chi connectivity index (χ1) is 14.1. The first-order valence-corrected chi connectivity index (χ1v) is 10.1. The Morgan fingerprint density at radius 3 is 2.38 bits per heavy atom. The quantitative estimate of drug-likeness (QED) is 0.663. The Hall–Kier alpha value is -2.99. The molecule has 0 aliphatic carbocycles. The lowest BCUT2D eigenvalue weighted by Crippen LogP contribution is -2.48. The molecule has 4 rings (SSSR count). The van der Waals surface area contributed by atoms with Crippen molar-refractivity contribution in [1.82, 2.24) is 20.0 Å². The van der Waals surface area contributed by atoms with Crippen LogP contribution in [0.2, 0.25) is 0 Å². The van der Waals surface area contributed by atoms with Crippen LogP contribution in [0.5, 0.6) is 0 Å². The molecule has 1 aliphatic heterocycles. The summed E-state index contributed by atoms with van der Waals surface area (Å²) < 4.78 is 5.70. The Morgan fingerprint density at radius 2 is 1.69 bits per heavy atom. The van der Waals surface area contributed by atoms with E-state index < -0.39 is 0 Å². The van der Waals surface area contributed by atoms with Gasteiger partial charge in [0.25, 0.3) is 5.91 Å². The maximum absolute atomic E-state index is 13.0. The molecule has 1 amide bonds. The zero-order chi connectivity index (χ0) is 20.2. The smallest absolute Gasteiger partial charge is 0.253 e. The van der Waals surface area contributed by atoms with E-state index in [4.69, 9.17) is 4.42 Å². The second kappa shape index (κ2) is 8.57. The van der Waals surface area contributed by atoms with E-state index in [-0.39, 0.29) is 11.8 Å². The van der Waals surface area contributed by atoms with Crippen LogP contribution in [0.1, 0.15) is 41.9 Å². The number of rotatable bonds is 5. The lowest BCUT2D eigenvalue weighted by Gasteiger charge is -2.34. The molecule has 2 heterocycles. The van der Waals surface area contributed by atoms with Crippen LogP contribution >= 0.6 is 0 Å². The molecule has 1 fully saturated rings. The Balaban J connectivity index is 1.36. The minimum atomic E-state index is 0.0855. The first-order valence-electron chi connectivity index (χ1n) is 10.1. The average molecular weight is 390 g/mol. The van der Waals surface area contributed by atoms with Gasteiger partial charge in [0.15, 0.2) is 0 Å². The SMILES string of the molecule is CC(C)c1nnc(CN2CCN(C(=O)c3cccc(-c4ccccc4)c3)CC2)o1. The minimum absolute atomic E-state index is 0.0855. The number of benzene rings is 2. The molecule has 0 radical (unpaired) electrons. The zero-order valence-corrected chi connectivity index (χ0v) is 16.9. The molecule has 0 unspecified atom stereocenters. The van der Waals surface area contributed by atoms with E-state index in [0.29, 0.717) is 31.4 Å². The molecule has 1 aromatic heterocycles. The van der Waals surface area contributed by atoms with Crippen LogP contribution in [0.15, 0.2) is 59.0 Å². The van der Waals surface area contributed by atoms with Crippen molar-refractivity contribution in [2.75, 3.05) is 26.2 Å². The van der Waals surface area contributed by atoms with Crippen LogP contribution in [0.25, 0.3) is 11.1 Å². The lowest BCUT2D eigenvalue weighted by atomic mass is 10.0. The van der Waals surface area contributed by atoms with E-state index in [1.165, 1.54) is 0 Å². The largest absolute Gasteiger partial charge is 0.424 e. The number of carbonyl (C=O) groups is 1. The van der Waals surface area contributed by atoms with Crippen LogP contribution < -0.4 is 0 Å². The highest BCUT2D eigenvalue weighted by atomic mass is 16.4. The van der Waals surface area contributed by atoms with Gasteiger partial charge >= 0.3 is 0 Å². The van der Waals surface area contributed by atoms with E-state index in [2.05, 4.69) is 27.2 Å². The van der Waals surface area contributed by atoms with Crippen LogP contribution in [-0.2, 0) is 6.54 Å². The number of aromatic nitrogens is 2. The van der Waals surface area contributed by atoms with E-state index in [1.807, 2.05) is 61.2 Å². The van der Waals surface area contributed by atoms with Gasteiger partial charge in [0, 0.05) is 37.7 Å². The van der Waals surface area contributed by atoms with E-state index in [0.717, 1.165) is 29.8 Å². The second-order valence-electron chi connectivity index (χ2n) is 7.70. The Morgan fingerprint density at radius 1 is 0.966 bits per heavy atom. The van der Waals surface area contributed by atoms with E-state index in [1.54, 1.807) is 0 Å². The average Bonchev–Trinajstić information content (AvgIpc) is 3.23. The van der Waals surface area contributed by atoms with Gasteiger partial charge in [-0.25, -0.2) is 0 Å². The third kappa shape index (κ3) is 4.54. The molecular formula is C23H26N4O2. The molecule has 0 saturated carbocycles. The third-order valence-electron chi connectivity index (χ3n) is 5.21. The molecule has 0 spiro atoms. The standard InChI is InChI=1S/C23H26N4O2/c1-17(2)22-25-24-21(29-22)16-26-11-13-27(14-12-26)23(28)20-10-6-9-19(15-20)18-7-4-3-5-8-18/h3-10,15,17H,11-14,16H2,1-2H3. The van der Waals surface area contributed by atoms with Gasteiger partial charge in [0.2, 0.25) is 11.8 Å². The van der Waals surface area contributed by atoms with Crippen molar-refractivity contribution < 1.29 is 9.21 Å². The van der Waals surface area contributed by atoms with E-state index >= 15 is 0 Å². The summed E-state index contributed by atoms with van der Waals surface area (Å²) in [6.45, 7) is 7.68. The summed E-state index contributed by atoms with van der Waals surface area (Å²) in [7, 11) is 0. The Bertz CT molecular complexity index is 960. The minimum Gasteiger partial charge on any atom is -0.424 e. The lowest BCUT2D eigenvalue weighted by molar-refractivity contribution is 0.0617. The summed E-state index contributed by atoms with van der Waals surface area (Å²) in [5, 5.41) is 8.22. The van der Waals surface area contributed by atoms with Crippen LogP contribution in [0.3, 0.4) is 0 Å². The molecule has 0 bridgehead atoms. The summed E-state index contributed by atoms with van der Waals surface area (Å²) >= 11 is 0. The number of carbonyl (C=O) groups excluding carboxylic acids is 1.